The number of fused-ring (bicyclic) bond motifs is 2. The summed E-state index contributed by atoms with van der Waals surface area (Å²) in [6, 6.07) is 13.9. The van der Waals surface area contributed by atoms with Crippen molar-refractivity contribution in [1.29, 1.82) is 0 Å². The molecular weight excluding hydrogens is 416 g/mol. The molecule has 1 aliphatic rings. The van der Waals surface area contributed by atoms with Crippen molar-refractivity contribution in [2.24, 2.45) is 0 Å². The minimum atomic E-state index is -0.157. The van der Waals surface area contributed by atoms with E-state index in [0.717, 1.165) is 28.0 Å². The fraction of sp³-hybridized carbons (Fsp3) is 0.280. The van der Waals surface area contributed by atoms with E-state index in [-0.39, 0.29) is 11.8 Å². The maximum Gasteiger partial charge on any atom is 0.274 e. The van der Waals surface area contributed by atoms with Crippen molar-refractivity contribution < 1.29 is 9.59 Å². The molecule has 8 nitrogen and oxygen atoms in total. The number of hydrogen-bond donors (Lipinski definition) is 0. The molecule has 0 fully saturated rings. The van der Waals surface area contributed by atoms with Crippen molar-refractivity contribution in [2.45, 2.75) is 26.4 Å². The molecule has 0 unspecified atom stereocenters. The monoisotopic (exact) mass is 442 g/mol. The highest BCUT2D eigenvalue weighted by molar-refractivity contribution is 5.95. The summed E-state index contributed by atoms with van der Waals surface area (Å²) in [5.41, 5.74) is 5.60. The van der Waals surface area contributed by atoms with Gasteiger partial charge < -0.3 is 14.2 Å². The van der Waals surface area contributed by atoms with Crippen molar-refractivity contribution >= 4 is 17.5 Å². The predicted molar refractivity (Wildman–Crippen MR) is 124 cm³/mol. The first-order valence-electron chi connectivity index (χ1n) is 11.0. The number of nitrogens with zero attached hydrogens (tertiary/aromatic N) is 6. The van der Waals surface area contributed by atoms with Crippen LogP contribution in [0.5, 0.6) is 0 Å². The van der Waals surface area contributed by atoms with Crippen LogP contribution in [0.2, 0.25) is 0 Å². The highest BCUT2D eigenvalue weighted by Crippen LogP contribution is 2.25. The molecule has 8 heteroatoms. The van der Waals surface area contributed by atoms with Gasteiger partial charge in [0.1, 0.15) is 11.3 Å². The molecule has 3 aromatic heterocycles. The number of aryl methyl sites for hydroxylation is 1. The van der Waals surface area contributed by atoms with Crippen LogP contribution in [-0.4, -0.2) is 61.4 Å². The fourth-order valence-corrected chi connectivity index (χ4v) is 4.30. The van der Waals surface area contributed by atoms with E-state index in [4.69, 9.17) is 0 Å². The molecule has 4 aromatic rings. The van der Waals surface area contributed by atoms with Crippen molar-refractivity contribution in [2.75, 3.05) is 20.6 Å². The maximum absolute atomic E-state index is 13.3. The normalized spacial score (nSPS) is 13.2. The van der Waals surface area contributed by atoms with Crippen LogP contribution in [0, 0.1) is 6.92 Å². The Hall–Kier alpha value is -3.94. The fourth-order valence-electron chi connectivity index (χ4n) is 4.30. The summed E-state index contributed by atoms with van der Waals surface area (Å²) >= 11 is 0. The van der Waals surface area contributed by atoms with E-state index < -0.39 is 0 Å². The van der Waals surface area contributed by atoms with Crippen LogP contribution < -0.4 is 0 Å². The van der Waals surface area contributed by atoms with Crippen molar-refractivity contribution in [3.05, 3.63) is 88.6 Å². The van der Waals surface area contributed by atoms with Crippen LogP contribution >= 0.6 is 0 Å². The molecule has 33 heavy (non-hydrogen) atoms. The maximum atomic E-state index is 13.3. The molecule has 168 valence electrons. The van der Waals surface area contributed by atoms with E-state index in [2.05, 4.69) is 10.1 Å². The third-order valence-electron chi connectivity index (χ3n) is 6.02. The second-order valence-electron chi connectivity index (χ2n) is 8.69. The van der Waals surface area contributed by atoms with E-state index in [1.54, 1.807) is 25.2 Å². The summed E-state index contributed by atoms with van der Waals surface area (Å²) in [7, 11) is 3.44. The van der Waals surface area contributed by atoms with E-state index >= 15 is 0 Å². The lowest BCUT2D eigenvalue weighted by molar-refractivity contribution is 0.0721. The van der Waals surface area contributed by atoms with Crippen LogP contribution in [0.4, 0.5) is 0 Å². The van der Waals surface area contributed by atoms with Gasteiger partial charge >= 0.3 is 0 Å². The lowest BCUT2D eigenvalue weighted by Crippen LogP contribution is -2.37. The summed E-state index contributed by atoms with van der Waals surface area (Å²) in [4.78, 5) is 34.0. The smallest absolute Gasteiger partial charge is 0.274 e. The van der Waals surface area contributed by atoms with Gasteiger partial charge in [-0.15, -0.1) is 0 Å². The second-order valence-corrected chi connectivity index (χ2v) is 8.69. The van der Waals surface area contributed by atoms with Crippen LogP contribution in [0.1, 0.15) is 43.4 Å². The molecule has 0 atom stereocenters. The number of pyridine rings is 1. The molecule has 0 bridgehead atoms. The third-order valence-corrected chi connectivity index (χ3v) is 6.02. The Kier molecular flexibility index (Phi) is 5.20. The number of hydrogen-bond acceptors (Lipinski definition) is 4. The van der Waals surface area contributed by atoms with Crippen molar-refractivity contribution in [3.8, 4) is 0 Å². The minimum Gasteiger partial charge on any atom is -0.343 e. The Morgan fingerprint density at radius 3 is 2.61 bits per heavy atom. The zero-order valence-electron chi connectivity index (χ0n) is 19.0. The van der Waals surface area contributed by atoms with Crippen molar-refractivity contribution in [3.63, 3.8) is 0 Å². The van der Waals surface area contributed by atoms with Gasteiger partial charge in [-0.1, -0.05) is 36.4 Å². The average molecular weight is 443 g/mol. The lowest BCUT2D eigenvalue weighted by atomic mass is 10.0. The van der Waals surface area contributed by atoms with E-state index in [1.807, 2.05) is 64.7 Å². The molecule has 0 saturated heterocycles. The number of benzene rings is 1. The van der Waals surface area contributed by atoms with Crippen LogP contribution in [0.3, 0.4) is 0 Å². The minimum absolute atomic E-state index is 0.138. The standard InChI is InChI=1S/C25H26N6O2/c1-17-9-10-22-26-20(16-30(22)13-17)24(32)29-12-11-21-19(15-29)23(25(33)28(2)3)27-31(21)14-18-7-5-4-6-8-18/h4-10,13,16H,11-12,14-15H2,1-3H3. The number of carbonyl (C=O) groups is 2. The Morgan fingerprint density at radius 2 is 1.85 bits per heavy atom. The van der Waals surface area contributed by atoms with Crippen LogP contribution in [-0.2, 0) is 19.5 Å². The summed E-state index contributed by atoms with van der Waals surface area (Å²) in [6.07, 6.45) is 4.36. The molecule has 4 heterocycles. The third kappa shape index (κ3) is 3.88. The first kappa shape index (κ1) is 20.9. The SMILES string of the molecule is Cc1ccc2nc(C(=O)N3CCc4c(c(C(=O)N(C)C)nn4Cc4ccccc4)C3)cn2c1. The highest BCUT2D eigenvalue weighted by Gasteiger charge is 2.31. The quantitative estimate of drug-likeness (QED) is 0.487. The predicted octanol–water partition coefficient (Wildman–Crippen LogP) is 2.79. The van der Waals surface area contributed by atoms with Crippen LogP contribution in [0.25, 0.3) is 5.65 Å². The first-order valence-corrected chi connectivity index (χ1v) is 11.0. The summed E-state index contributed by atoms with van der Waals surface area (Å²) in [5, 5.41) is 4.69. The summed E-state index contributed by atoms with van der Waals surface area (Å²) < 4.78 is 3.79. The highest BCUT2D eigenvalue weighted by atomic mass is 16.2. The Labute approximate surface area is 192 Å². The zero-order chi connectivity index (χ0) is 23.1. The van der Waals surface area contributed by atoms with Gasteiger partial charge in [-0.05, 0) is 24.1 Å². The van der Waals surface area contributed by atoms with E-state index in [9.17, 15) is 9.59 Å². The average Bonchev–Trinajstić information content (AvgIpc) is 3.39. The molecule has 5 rings (SSSR count). The molecule has 0 aliphatic carbocycles. The van der Waals surface area contributed by atoms with Gasteiger partial charge in [-0.25, -0.2) is 4.98 Å². The molecule has 0 radical (unpaired) electrons. The van der Waals surface area contributed by atoms with Crippen LogP contribution in [0.15, 0.2) is 54.9 Å². The van der Waals surface area contributed by atoms with Gasteiger partial charge in [0.15, 0.2) is 5.69 Å². The Balaban J connectivity index is 1.47. The van der Waals surface area contributed by atoms with Gasteiger partial charge in [0.25, 0.3) is 11.8 Å². The molecule has 1 aromatic carbocycles. The molecule has 2 amide bonds. The molecule has 0 saturated carbocycles. The molecule has 0 spiro atoms. The number of rotatable bonds is 4. The number of amides is 2. The first-order chi connectivity index (χ1) is 15.9. The second kappa shape index (κ2) is 8.20. The Morgan fingerprint density at radius 1 is 1.06 bits per heavy atom. The van der Waals surface area contributed by atoms with Gasteiger partial charge in [0.05, 0.1) is 13.1 Å². The number of imidazole rings is 1. The van der Waals surface area contributed by atoms with Gasteiger partial charge in [-0.3, -0.25) is 14.3 Å². The summed E-state index contributed by atoms with van der Waals surface area (Å²) in [5.74, 6) is -0.295. The number of aromatic nitrogens is 4. The molecule has 1 aliphatic heterocycles. The Bertz CT molecular complexity index is 1350. The largest absolute Gasteiger partial charge is 0.343 e. The molecular formula is C25H26N6O2. The van der Waals surface area contributed by atoms with E-state index in [0.29, 0.717) is 37.4 Å². The van der Waals surface area contributed by atoms with Crippen molar-refractivity contribution in [1.82, 2.24) is 29.0 Å². The van der Waals surface area contributed by atoms with Gasteiger partial charge in [0.2, 0.25) is 0 Å². The zero-order valence-corrected chi connectivity index (χ0v) is 19.0. The number of carbonyl (C=O) groups excluding carboxylic acids is 2. The topological polar surface area (TPSA) is 75.7 Å². The van der Waals surface area contributed by atoms with Gasteiger partial charge in [0, 0.05) is 50.7 Å². The van der Waals surface area contributed by atoms with E-state index in [1.165, 1.54) is 4.90 Å². The van der Waals surface area contributed by atoms with Gasteiger partial charge in [-0.2, -0.15) is 5.10 Å². The lowest BCUT2D eigenvalue weighted by Gasteiger charge is -2.27. The summed E-state index contributed by atoms with van der Waals surface area (Å²) in [6.45, 7) is 3.48. The molecule has 0 N–H and O–H groups in total.